The Balaban J connectivity index is 1.50. The van der Waals surface area contributed by atoms with Crippen molar-refractivity contribution in [3.05, 3.63) is 42.0 Å². The van der Waals surface area contributed by atoms with Gasteiger partial charge in [0.15, 0.2) is 0 Å². The van der Waals surface area contributed by atoms with Crippen LogP contribution in [0.2, 0.25) is 0 Å². The van der Waals surface area contributed by atoms with E-state index < -0.39 is 0 Å². The average Bonchev–Trinajstić information content (AvgIpc) is 3.57. The van der Waals surface area contributed by atoms with Gasteiger partial charge in [0.2, 0.25) is 0 Å². The molecule has 0 radical (unpaired) electrons. The van der Waals surface area contributed by atoms with Crippen molar-refractivity contribution in [3.8, 4) is 0 Å². The lowest BCUT2D eigenvalue weighted by Gasteiger charge is -2.34. The number of nitrogens with zero attached hydrogens (tertiary/aromatic N) is 2. The molecule has 1 aromatic carbocycles. The molecule has 1 aliphatic heterocycles. The summed E-state index contributed by atoms with van der Waals surface area (Å²) >= 11 is 1.56. The van der Waals surface area contributed by atoms with Crippen molar-refractivity contribution in [2.24, 2.45) is 5.41 Å². The molecule has 34 heavy (non-hydrogen) atoms. The zero-order chi connectivity index (χ0) is 24.2. The predicted octanol–water partition coefficient (Wildman–Crippen LogP) is 4.90. The van der Waals surface area contributed by atoms with Crippen LogP contribution in [0.15, 0.2) is 41.3 Å². The van der Waals surface area contributed by atoms with Crippen LogP contribution >= 0.6 is 11.9 Å². The molecule has 1 saturated carbocycles. The van der Waals surface area contributed by atoms with Crippen LogP contribution in [0.3, 0.4) is 0 Å². The first kappa shape index (κ1) is 24.8. The highest BCUT2D eigenvalue weighted by atomic mass is 32.2. The number of hydrogen-bond acceptors (Lipinski definition) is 7. The van der Waals surface area contributed by atoms with Gasteiger partial charge in [-0.1, -0.05) is 6.07 Å². The summed E-state index contributed by atoms with van der Waals surface area (Å²) in [5, 5.41) is 15.4. The highest BCUT2D eigenvalue weighted by Gasteiger charge is 2.44. The van der Waals surface area contributed by atoms with Gasteiger partial charge >= 0.3 is 0 Å². The van der Waals surface area contributed by atoms with E-state index in [0.29, 0.717) is 23.9 Å². The molecule has 8 heteroatoms. The number of aliphatic hydroxyl groups is 1. The largest absolute Gasteiger partial charge is 0.396 e. The number of hydrogen-bond donors (Lipinski definition) is 4. The fourth-order valence-electron chi connectivity index (χ4n) is 4.18. The van der Waals surface area contributed by atoms with Gasteiger partial charge < -0.3 is 20.6 Å². The number of carbonyl (C=O) groups excluding carboxylic acids is 1. The predicted molar refractivity (Wildman–Crippen MR) is 141 cm³/mol. The maximum atomic E-state index is 13.4. The Kier molecular flexibility index (Phi) is 7.70. The van der Waals surface area contributed by atoms with Crippen LogP contribution in [-0.2, 0) is 0 Å². The molecule has 1 aromatic heterocycles. The second-order valence-electron chi connectivity index (χ2n) is 10.5. The number of carbonyl (C=O) groups is 1. The number of pyridine rings is 1. The molecule has 2 heterocycles. The van der Waals surface area contributed by atoms with Gasteiger partial charge in [0, 0.05) is 42.4 Å². The fourth-order valence-corrected chi connectivity index (χ4v) is 4.93. The van der Waals surface area contributed by atoms with Crippen LogP contribution in [0.5, 0.6) is 0 Å². The van der Waals surface area contributed by atoms with E-state index in [1.165, 1.54) is 12.8 Å². The number of aromatic nitrogens is 1. The van der Waals surface area contributed by atoms with Crippen molar-refractivity contribution < 1.29 is 9.90 Å². The minimum atomic E-state index is -0.151. The van der Waals surface area contributed by atoms with Crippen molar-refractivity contribution in [2.45, 2.75) is 63.3 Å². The lowest BCUT2D eigenvalue weighted by atomic mass is 9.93. The molecule has 0 bridgehead atoms. The maximum absolute atomic E-state index is 13.4. The molecule has 4 rings (SSSR count). The van der Waals surface area contributed by atoms with E-state index in [1.807, 2.05) is 36.4 Å². The third-order valence-electron chi connectivity index (χ3n) is 6.41. The quantitative estimate of drug-likeness (QED) is 0.298. The van der Waals surface area contributed by atoms with Crippen LogP contribution in [0.25, 0.3) is 0 Å². The Morgan fingerprint density at radius 1 is 1.15 bits per heavy atom. The number of rotatable bonds is 9. The van der Waals surface area contributed by atoms with E-state index in [4.69, 9.17) is 10.1 Å². The van der Waals surface area contributed by atoms with Crippen molar-refractivity contribution in [2.75, 3.05) is 41.8 Å². The van der Waals surface area contributed by atoms with Gasteiger partial charge in [-0.3, -0.25) is 9.52 Å². The normalized spacial score (nSPS) is 17.0. The van der Waals surface area contributed by atoms with Gasteiger partial charge in [0.25, 0.3) is 5.91 Å². The molecule has 2 aromatic rings. The number of benzene rings is 1. The van der Waals surface area contributed by atoms with E-state index in [9.17, 15) is 4.79 Å². The fraction of sp³-hybridized carbons (Fsp3) is 0.538. The zero-order valence-corrected chi connectivity index (χ0v) is 21.3. The molecule has 2 aliphatic rings. The third kappa shape index (κ3) is 6.64. The monoisotopic (exact) mass is 483 g/mol. The summed E-state index contributed by atoms with van der Waals surface area (Å²) in [7, 11) is 0. The summed E-state index contributed by atoms with van der Waals surface area (Å²) in [5.41, 5.74) is 1.89. The lowest BCUT2D eigenvalue weighted by molar-refractivity contribution is 0.102. The van der Waals surface area contributed by atoms with Crippen LogP contribution < -0.4 is 20.3 Å². The number of piperidine rings is 1. The summed E-state index contributed by atoms with van der Waals surface area (Å²) < 4.78 is 3.41. The minimum Gasteiger partial charge on any atom is -0.396 e. The molecule has 1 spiro atoms. The standard InChI is InChI=1S/C26H37N5O2S/c1-25(2,3)30-34-20-7-4-6-19(18-20)28-24(33)21-8-9-22(27-14-5-17-32)29-23(21)31-15-12-26(10-11-26)13-16-31/h4,6-9,18,30,32H,5,10-17H2,1-3H3,(H,27,29)(H,28,33). The third-order valence-corrected chi connectivity index (χ3v) is 7.61. The summed E-state index contributed by atoms with van der Waals surface area (Å²) in [6.45, 7) is 8.99. The first-order valence-electron chi connectivity index (χ1n) is 12.2. The summed E-state index contributed by atoms with van der Waals surface area (Å²) in [6.07, 6.45) is 5.66. The van der Waals surface area contributed by atoms with Crippen molar-refractivity contribution in [1.82, 2.24) is 9.71 Å². The molecule has 7 nitrogen and oxygen atoms in total. The van der Waals surface area contributed by atoms with Gasteiger partial charge in [-0.25, -0.2) is 4.98 Å². The van der Waals surface area contributed by atoms with Crippen molar-refractivity contribution in [1.29, 1.82) is 0 Å². The Morgan fingerprint density at radius 2 is 1.91 bits per heavy atom. The Hall–Kier alpha value is -2.29. The molecule has 1 aliphatic carbocycles. The van der Waals surface area contributed by atoms with Crippen LogP contribution in [-0.4, -0.2) is 47.8 Å². The smallest absolute Gasteiger partial charge is 0.259 e. The maximum Gasteiger partial charge on any atom is 0.259 e. The number of nitrogens with one attached hydrogen (secondary N) is 3. The number of amides is 1. The molecule has 0 unspecified atom stereocenters. The molecular formula is C26H37N5O2S. The van der Waals surface area contributed by atoms with E-state index >= 15 is 0 Å². The molecule has 0 atom stereocenters. The molecule has 4 N–H and O–H groups in total. The van der Waals surface area contributed by atoms with Gasteiger partial charge in [-0.2, -0.15) is 0 Å². The second kappa shape index (κ2) is 10.5. The van der Waals surface area contributed by atoms with E-state index in [0.717, 1.165) is 48.1 Å². The van der Waals surface area contributed by atoms with Gasteiger partial charge in [-0.05, 0) is 101 Å². The topological polar surface area (TPSA) is 89.5 Å². The van der Waals surface area contributed by atoms with Gasteiger partial charge in [0.1, 0.15) is 11.6 Å². The molecule has 1 amide bonds. The Bertz CT molecular complexity index is 993. The first-order chi connectivity index (χ1) is 16.3. The molecule has 2 fully saturated rings. The summed E-state index contributed by atoms with van der Waals surface area (Å²) in [4.78, 5) is 21.5. The molecule has 1 saturated heterocycles. The van der Waals surface area contributed by atoms with Crippen molar-refractivity contribution in [3.63, 3.8) is 0 Å². The van der Waals surface area contributed by atoms with Crippen LogP contribution in [0, 0.1) is 5.41 Å². The van der Waals surface area contributed by atoms with Gasteiger partial charge in [0.05, 0.1) is 5.56 Å². The van der Waals surface area contributed by atoms with E-state index in [1.54, 1.807) is 11.9 Å². The Morgan fingerprint density at radius 3 is 2.59 bits per heavy atom. The summed E-state index contributed by atoms with van der Waals surface area (Å²) in [5.74, 6) is 1.32. The first-order valence-corrected chi connectivity index (χ1v) is 13.0. The van der Waals surface area contributed by atoms with E-state index in [2.05, 4.69) is 41.0 Å². The SMILES string of the molecule is CC(C)(C)NSc1cccc(NC(=O)c2ccc(NCCCO)nc2N2CCC3(CC2)CC3)c1. The van der Waals surface area contributed by atoms with Crippen LogP contribution in [0.1, 0.15) is 63.2 Å². The minimum absolute atomic E-state index is 0.00899. The summed E-state index contributed by atoms with van der Waals surface area (Å²) in [6, 6.07) is 11.6. The highest BCUT2D eigenvalue weighted by Crippen LogP contribution is 2.54. The molecular weight excluding hydrogens is 446 g/mol. The number of aliphatic hydroxyl groups excluding tert-OH is 1. The zero-order valence-electron chi connectivity index (χ0n) is 20.5. The van der Waals surface area contributed by atoms with Gasteiger partial charge in [-0.15, -0.1) is 0 Å². The second-order valence-corrected chi connectivity index (χ2v) is 11.4. The van der Waals surface area contributed by atoms with Crippen molar-refractivity contribution >= 4 is 35.2 Å². The highest BCUT2D eigenvalue weighted by molar-refractivity contribution is 7.97. The molecule has 184 valence electrons. The average molecular weight is 484 g/mol. The van der Waals surface area contributed by atoms with Crippen LogP contribution in [0.4, 0.5) is 17.3 Å². The van der Waals surface area contributed by atoms with E-state index in [-0.39, 0.29) is 18.1 Å². The number of anilines is 3. The Labute approximate surface area is 207 Å². The lowest BCUT2D eigenvalue weighted by Crippen LogP contribution is -2.36.